The zero-order valence-electron chi connectivity index (χ0n) is 5.15. The van der Waals surface area contributed by atoms with Crippen LogP contribution in [0.5, 0.6) is 0 Å². The van der Waals surface area contributed by atoms with Crippen molar-refractivity contribution >= 4 is 0 Å². The maximum absolute atomic E-state index is 3.91. The van der Waals surface area contributed by atoms with Gasteiger partial charge in [-0.05, 0) is 14.0 Å². The van der Waals surface area contributed by atoms with Crippen molar-refractivity contribution in [2.24, 2.45) is 0 Å². The van der Waals surface area contributed by atoms with Crippen molar-refractivity contribution in [3.63, 3.8) is 0 Å². The standard InChI is InChI=1S/C4H13N3/c1-4-7(3)6-5-2/h5,7H,4H2,1-3H3. The molecule has 0 aromatic carbocycles. The summed E-state index contributed by atoms with van der Waals surface area (Å²) in [6.07, 6.45) is 0. The zero-order chi connectivity index (χ0) is 5.70. The van der Waals surface area contributed by atoms with Gasteiger partial charge in [0.05, 0.1) is 13.6 Å². The summed E-state index contributed by atoms with van der Waals surface area (Å²) in [6.45, 7) is 3.11. The van der Waals surface area contributed by atoms with Crippen molar-refractivity contribution in [1.29, 1.82) is 0 Å². The van der Waals surface area contributed by atoms with E-state index in [0.29, 0.717) is 0 Å². The predicted molar refractivity (Wildman–Crippen MR) is 29.8 cm³/mol. The molecule has 0 radical (unpaired) electrons. The van der Waals surface area contributed by atoms with Crippen LogP contribution < -0.4 is 10.4 Å². The second kappa shape index (κ2) is 4.05. The molecule has 0 rings (SSSR count). The van der Waals surface area contributed by atoms with E-state index in [0.717, 1.165) is 11.6 Å². The highest BCUT2D eigenvalue weighted by atomic mass is 15.7. The molecule has 0 fully saturated rings. The van der Waals surface area contributed by atoms with E-state index in [9.17, 15) is 0 Å². The minimum atomic E-state index is 1.03. The Kier molecular flexibility index (Phi) is 3.98. The topological polar surface area (TPSA) is 30.6 Å². The molecule has 1 unspecified atom stereocenters. The summed E-state index contributed by atoms with van der Waals surface area (Å²) >= 11 is 0. The monoisotopic (exact) mass is 103 g/mol. The molecule has 3 heteroatoms. The van der Waals surface area contributed by atoms with E-state index in [1.807, 2.05) is 7.05 Å². The first-order valence-corrected chi connectivity index (χ1v) is 2.51. The van der Waals surface area contributed by atoms with Crippen LogP contribution in [0.15, 0.2) is 0 Å². The van der Waals surface area contributed by atoms with Gasteiger partial charge in [-0.25, -0.2) is 0 Å². The lowest BCUT2D eigenvalue weighted by molar-refractivity contribution is -0.842. The third-order valence-electron chi connectivity index (χ3n) is 0.814. The molecule has 1 atom stereocenters. The number of nitrogens with one attached hydrogen (secondary N) is 2. The summed E-state index contributed by atoms with van der Waals surface area (Å²) < 4.78 is 0. The van der Waals surface area contributed by atoms with Crippen molar-refractivity contribution < 1.29 is 5.01 Å². The number of nitrogens with zero attached hydrogens (tertiary/aromatic N) is 1. The second-order valence-electron chi connectivity index (χ2n) is 1.42. The largest absolute Gasteiger partial charge is 0.395 e. The molecule has 0 aliphatic rings. The number of hydrogen-bond donors (Lipinski definition) is 2. The summed E-state index contributed by atoms with van der Waals surface area (Å²) in [4.78, 5) is 0. The summed E-state index contributed by atoms with van der Waals surface area (Å²) in [5.41, 5.74) is 6.62. The van der Waals surface area contributed by atoms with Crippen molar-refractivity contribution in [2.75, 3.05) is 20.6 Å². The summed E-state index contributed by atoms with van der Waals surface area (Å²) in [6, 6.07) is 0. The zero-order valence-corrected chi connectivity index (χ0v) is 5.15. The molecular weight excluding hydrogens is 90.1 g/mol. The first kappa shape index (κ1) is 6.88. The Morgan fingerprint density at radius 3 is 2.43 bits per heavy atom. The molecule has 3 nitrogen and oxygen atoms in total. The van der Waals surface area contributed by atoms with Crippen molar-refractivity contribution in [3.8, 4) is 0 Å². The molecule has 0 amide bonds. The number of quaternary nitrogens is 1. The summed E-state index contributed by atoms with van der Waals surface area (Å²) in [7, 11) is 3.80. The Morgan fingerprint density at radius 2 is 2.29 bits per heavy atom. The summed E-state index contributed by atoms with van der Waals surface area (Å²) in [5, 5.41) is 1.14. The molecule has 0 saturated carbocycles. The second-order valence-corrected chi connectivity index (χ2v) is 1.42. The molecule has 7 heavy (non-hydrogen) atoms. The van der Waals surface area contributed by atoms with Crippen molar-refractivity contribution in [3.05, 3.63) is 5.53 Å². The highest BCUT2D eigenvalue weighted by molar-refractivity contribution is 4.36. The maximum atomic E-state index is 3.91. The lowest BCUT2D eigenvalue weighted by atomic mass is 10.7. The van der Waals surface area contributed by atoms with Gasteiger partial charge in [0, 0.05) is 0 Å². The van der Waals surface area contributed by atoms with Gasteiger partial charge in [-0.3, -0.25) is 0 Å². The lowest BCUT2D eigenvalue weighted by Crippen LogP contribution is -3.05. The Balaban J connectivity index is 2.83. The smallest absolute Gasteiger partial charge is 0.0660 e. The highest BCUT2D eigenvalue weighted by Gasteiger charge is 1.76. The van der Waals surface area contributed by atoms with Gasteiger partial charge in [-0.15, -0.1) is 0 Å². The fraction of sp³-hybridized carbons (Fsp3) is 1.00. The highest BCUT2D eigenvalue weighted by Crippen LogP contribution is 1.48. The summed E-state index contributed by atoms with van der Waals surface area (Å²) in [5.74, 6) is 0. The van der Waals surface area contributed by atoms with Gasteiger partial charge in [0.2, 0.25) is 0 Å². The van der Waals surface area contributed by atoms with E-state index < -0.39 is 0 Å². The average Bonchev–Trinajstić information content (AvgIpc) is 1.68. The van der Waals surface area contributed by atoms with Gasteiger partial charge in [0.1, 0.15) is 0 Å². The first-order valence-electron chi connectivity index (χ1n) is 2.51. The molecule has 0 bridgehead atoms. The molecule has 0 heterocycles. The van der Waals surface area contributed by atoms with Gasteiger partial charge < -0.3 is 16.0 Å². The van der Waals surface area contributed by atoms with Gasteiger partial charge in [0.15, 0.2) is 0 Å². The first-order chi connectivity index (χ1) is 3.31. The number of hydrogen-bond acceptors (Lipinski definition) is 1. The third-order valence-corrected chi connectivity index (χ3v) is 0.814. The normalized spacial score (nSPS) is 14.1. The van der Waals surface area contributed by atoms with E-state index in [1.54, 1.807) is 7.05 Å². The molecule has 2 N–H and O–H groups in total. The van der Waals surface area contributed by atoms with Crippen LogP contribution in [-0.2, 0) is 0 Å². The van der Waals surface area contributed by atoms with Gasteiger partial charge >= 0.3 is 0 Å². The Labute approximate surface area is 44.6 Å². The third kappa shape index (κ3) is 3.72. The quantitative estimate of drug-likeness (QED) is 0.438. The van der Waals surface area contributed by atoms with E-state index in [4.69, 9.17) is 0 Å². The van der Waals surface area contributed by atoms with Gasteiger partial charge in [-0.2, -0.15) is 0 Å². The van der Waals surface area contributed by atoms with Crippen LogP contribution in [0.1, 0.15) is 6.92 Å². The van der Waals surface area contributed by atoms with Crippen LogP contribution in [0.4, 0.5) is 0 Å². The Morgan fingerprint density at radius 1 is 1.71 bits per heavy atom. The van der Waals surface area contributed by atoms with E-state index in [1.165, 1.54) is 0 Å². The molecular formula is C4H13N3. The van der Waals surface area contributed by atoms with Gasteiger partial charge in [0.25, 0.3) is 0 Å². The Hall–Kier alpha value is -0.120. The van der Waals surface area contributed by atoms with E-state index >= 15 is 0 Å². The van der Waals surface area contributed by atoms with Gasteiger partial charge in [-0.1, -0.05) is 0 Å². The predicted octanol–water partition coefficient (Wildman–Crippen LogP) is -1.06. The van der Waals surface area contributed by atoms with Crippen molar-refractivity contribution in [1.82, 2.24) is 5.43 Å². The van der Waals surface area contributed by atoms with Crippen molar-refractivity contribution in [2.45, 2.75) is 6.92 Å². The number of rotatable bonds is 3. The molecule has 0 aromatic heterocycles. The van der Waals surface area contributed by atoms with Crippen LogP contribution in [0.3, 0.4) is 0 Å². The molecule has 0 aromatic rings. The molecule has 44 valence electrons. The fourth-order valence-electron chi connectivity index (χ4n) is 0.270. The van der Waals surface area contributed by atoms with E-state index in [-0.39, 0.29) is 0 Å². The Bertz CT molecular complexity index is 37.9. The molecule has 0 aliphatic carbocycles. The van der Waals surface area contributed by atoms with Crippen LogP contribution in [-0.4, -0.2) is 20.6 Å². The van der Waals surface area contributed by atoms with Crippen LogP contribution in [0.25, 0.3) is 5.53 Å². The molecule has 0 aliphatic heterocycles. The van der Waals surface area contributed by atoms with E-state index in [2.05, 4.69) is 17.9 Å². The molecule has 0 saturated heterocycles. The van der Waals surface area contributed by atoms with Crippen LogP contribution >= 0.6 is 0 Å². The minimum Gasteiger partial charge on any atom is -0.395 e. The SMILES string of the molecule is CC[NH+](C)[N-]NC. The fourth-order valence-corrected chi connectivity index (χ4v) is 0.270. The maximum Gasteiger partial charge on any atom is 0.0660 e. The minimum absolute atomic E-state index is 1.03. The molecule has 0 spiro atoms. The van der Waals surface area contributed by atoms with Crippen LogP contribution in [0.2, 0.25) is 0 Å². The lowest BCUT2D eigenvalue weighted by Gasteiger charge is -2.24. The van der Waals surface area contributed by atoms with Crippen LogP contribution in [0, 0.1) is 0 Å². The average molecular weight is 103 g/mol.